The Morgan fingerprint density at radius 3 is 2.06 bits per heavy atom. The third-order valence-electron chi connectivity index (χ3n) is 4.45. The van der Waals surface area contributed by atoms with Crippen molar-refractivity contribution in [3.63, 3.8) is 0 Å². The maximum Gasteiger partial charge on any atom is 0.0603 e. The van der Waals surface area contributed by atoms with E-state index in [0.29, 0.717) is 0 Å². The molecule has 0 aliphatic carbocycles. The summed E-state index contributed by atoms with van der Waals surface area (Å²) in [7, 11) is 6.15. The van der Waals surface area contributed by atoms with Crippen LogP contribution in [0.5, 0.6) is 0 Å². The molecule has 18 heavy (non-hydrogen) atoms. The lowest BCUT2D eigenvalue weighted by Gasteiger charge is -2.52. The molecule has 1 heterocycles. The largest absolute Gasteiger partial charge is 0.379 e. The standard InChI is InChI=1S/C15H24N2O/c1-14(2,16-3)15(10-18-11-15)12-6-8-13(9-7-12)17(4)5/h6-9,16H,10-11H2,1-5H3. The van der Waals surface area contributed by atoms with Gasteiger partial charge in [-0.3, -0.25) is 0 Å². The first kappa shape index (κ1) is 13.4. The molecule has 100 valence electrons. The third-order valence-corrected chi connectivity index (χ3v) is 4.45. The van der Waals surface area contributed by atoms with E-state index in [9.17, 15) is 0 Å². The van der Waals surface area contributed by atoms with Crippen LogP contribution in [0, 0.1) is 0 Å². The molecule has 3 nitrogen and oxygen atoms in total. The second kappa shape index (κ2) is 4.56. The maximum atomic E-state index is 5.51. The molecule has 1 N–H and O–H groups in total. The van der Waals surface area contributed by atoms with E-state index >= 15 is 0 Å². The average Bonchev–Trinajstić information content (AvgIpc) is 2.28. The van der Waals surface area contributed by atoms with E-state index in [2.05, 4.69) is 62.4 Å². The van der Waals surface area contributed by atoms with Crippen molar-refractivity contribution in [2.45, 2.75) is 24.8 Å². The van der Waals surface area contributed by atoms with Crippen molar-refractivity contribution in [1.29, 1.82) is 0 Å². The smallest absolute Gasteiger partial charge is 0.0603 e. The number of hydrogen-bond donors (Lipinski definition) is 1. The topological polar surface area (TPSA) is 24.5 Å². The molecule has 1 aromatic carbocycles. The van der Waals surface area contributed by atoms with Crippen LogP contribution in [-0.2, 0) is 10.2 Å². The van der Waals surface area contributed by atoms with E-state index in [4.69, 9.17) is 4.74 Å². The van der Waals surface area contributed by atoms with Crippen molar-refractivity contribution in [3.05, 3.63) is 29.8 Å². The normalized spacial score (nSPS) is 18.3. The summed E-state index contributed by atoms with van der Waals surface area (Å²) in [6.45, 7) is 6.08. The lowest BCUT2D eigenvalue weighted by molar-refractivity contribution is -0.0990. The molecule has 0 spiro atoms. The Balaban J connectivity index is 2.34. The molecule has 2 rings (SSSR count). The predicted octanol–water partition coefficient (Wildman–Crippen LogP) is 2.02. The van der Waals surface area contributed by atoms with Crippen molar-refractivity contribution in [3.8, 4) is 0 Å². The molecule has 1 aliphatic heterocycles. The number of ether oxygens (including phenoxy) is 1. The van der Waals surface area contributed by atoms with Crippen LogP contribution in [0.15, 0.2) is 24.3 Å². The minimum absolute atomic E-state index is 0.0326. The number of rotatable bonds is 4. The summed E-state index contributed by atoms with van der Waals surface area (Å²) >= 11 is 0. The molecule has 0 unspecified atom stereocenters. The highest BCUT2D eigenvalue weighted by molar-refractivity contribution is 5.48. The summed E-state index contributed by atoms with van der Waals surface area (Å²) in [5.41, 5.74) is 2.72. The Kier molecular flexibility index (Phi) is 3.39. The molecule has 1 saturated heterocycles. The molecule has 1 aromatic rings. The van der Waals surface area contributed by atoms with Gasteiger partial charge in [-0.15, -0.1) is 0 Å². The van der Waals surface area contributed by atoms with E-state index in [-0.39, 0.29) is 11.0 Å². The summed E-state index contributed by atoms with van der Waals surface area (Å²) in [5.74, 6) is 0. The van der Waals surface area contributed by atoms with Crippen LogP contribution < -0.4 is 10.2 Å². The van der Waals surface area contributed by atoms with Gasteiger partial charge in [-0.05, 0) is 38.6 Å². The Morgan fingerprint density at radius 2 is 1.72 bits per heavy atom. The Labute approximate surface area is 110 Å². The van der Waals surface area contributed by atoms with Crippen LogP contribution in [-0.4, -0.2) is 39.9 Å². The Morgan fingerprint density at radius 1 is 1.17 bits per heavy atom. The first-order valence-corrected chi connectivity index (χ1v) is 6.47. The minimum Gasteiger partial charge on any atom is -0.379 e. The number of nitrogens with zero attached hydrogens (tertiary/aromatic N) is 1. The van der Waals surface area contributed by atoms with Gasteiger partial charge < -0.3 is 15.0 Å². The van der Waals surface area contributed by atoms with Crippen LogP contribution in [0.1, 0.15) is 19.4 Å². The monoisotopic (exact) mass is 248 g/mol. The molecule has 0 atom stereocenters. The highest BCUT2D eigenvalue weighted by atomic mass is 16.5. The van der Waals surface area contributed by atoms with Crippen molar-refractivity contribution in [2.24, 2.45) is 0 Å². The van der Waals surface area contributed by atoms with Crippen LogP contribution in [0.4, 0.5) is 5.69 Å². The number of likely N-dealkylation sites (N-methyl/N-ethyl adjacent to an activating group) is 1. The third kappa shape index (κ3) is 1.91. The van der Waals surface area contributed by atoms with Crippen molar-refractivity contribution in [1.82, 2.24) is 5.32 Å². The fraction of sp³-hybridized carbons (Fsp3) is 0.600. The quantitative estimate of drug-likeness (QED) is 0.882. The van der Waals surface area contributed by atoms with Crippen LogP contribution in [0.25, 0.3) is 0 Å². The first-order valence-electron chi connectivity index (χ1n) is 6.47. The van der Waals surface area contributed by atoms with Crippen LogP contribution >= 0.6 is 0 Å². The number of benzene rings is 1. The molecule has 1 aliphatic rings. The predicted molar refractivity (Wildman–Crippen MR) is 76.4 cm³/mol. The van der Waals surface area contributed by atoms with Gasteiger partial charge in [-0.2, -0.15) is 0 Å². The molecule has 0 aromatic heterocycles. The lowest BCUT2D eigenvalue weighted by Crippen LogP contribution is -2.65. The molecule has 0 amide bonds. The van der Waals surface area contributed by atoms with Crippen LogP contribution in [0.3, 0.4) is 0 Å². The van der Waals surface area contributed by atoms with Gasteiger partial charge in [0.15, 0.2) is 0 Å². The molecule has 3 heteroatoms. The van der Waals surface area contributed by atoms with Gasteiger partial charge in [0.1, 0.15) is 0 Å². The van der Waals surface area contributed by atoms with E-state index < -0.39 is 0 Å². The van der Waals surface area contributed by atoms with Gasteiger partial charge in [-0.1, -0.05) is 12.1 Å². The zero-order chi connectivity index (χ0) is 13.4. The highest BCUT2D eigenvalue weighted by Crippen LogP contribution is 2.42. The summed E-state index contributed by atoms with van der Waals surface area (Å²) in [4.78, 5) is 2.12. The van der Waals surface area contributed by atoms with Gasteiger partial charge in [0.05, 0.1) is 18.6 Å². The highest BCUT2D eigenvalue weighted by Gasteiger charge is 2.51. The fourth-order valence-electron chi connectivity index (χ4n) is 2.51. The summed E-state index contributed by atoms with van der Waals surface area (Å²) in [5, 5.41) is 3.43. The first-order chi connectivity index (χ1) is 8.43. The van der Waals surface area contributed by atoms with Crippen molar-refractivity contribution >= 4 is 5.69 Å². The summed E-state index contributed by atoms with van der Waals surface area (Å²) < 4.78 is 5.51. The lowest BCUT2D eigenvalue weighted by atomic mass is 9.65. The zero-order valence-electron chi connectivity index (χ0n) is 12.1. The van der Waals surface area contributed by atoms with Crippen molar-refractivity contribution in [2.75, 3.05) is 39.3 Å². The van der Waals surface area contributed by atoms with E-state index in [0.717, 1.165) is 13.2 Å². The van der Waals surface area contributed by atoms with Gasteiger partial charge in [-0.25, -0.2) is 0 Å². The molecular weight excluding hydrogens is 224 g/mol. The Hall–Kier alpha value is -1.06. The van der Waals surface area contributed by atoms with Gasteiger partial charge in [0, 0.05) is 25.3 Å². The van der Waals surface area contributed by atoms with E-state index in [1.54, 1.807) is 0 Å². The maximum absolute atomic E-state index is 5.51. The molecule has 0 saturated carbocycles. The average molecular weight is 248 g/mol. The molecular formula is C15H24N2O. The number of hydrogen-bond acceptors (Lipinski definition) is 3. The van der Waals surface area contributed by atoms with Gasteiger partial charge in [0.25, 0.3) is 0 Å². The molecule has 0 bridgehead atoms. The minimum atomic E-state index is 0.0326. The molecule has 0 radical (unpaired) electrons. The second-order valence-corrected chi connectivity index (χ2v) is 5.89. The number of anilines is 1. The summed E-state index contributed by atoms with van der Waals surface area (Å²) in [6.07, 6.45) is 0. The zero-order valence-corrected chi connectivity index (χ0v) is 12.1. The Bertz CT molecular complexity index is 405. The van der Waals surface area contributed by atoms with Gasteiger partial charge >= 0.3 is 0 Å². The SMILES string of the molecule is CNC(C)(C)C1(c2ccc(N(C)C)cc2)COC1. The van der Waals surface area contributed by atoms with E-state index in [1.165, 1.54) is 11.3 Å². The van der Waals surface area contributed by atoms with E-state index in [1.807, 2.05) is 7.05 Å². The fourth-order valence-corrected chi connectivity index (χ4v) is 2.51. The second-order valence-electron chi connectivity index (χ2n) is 5.89. The van der Waals surface area contributed by atoms with Gasteiger partial charge in [0.2, 0.25) is 0 Å². The van der Waals surface area contributed by atoms with Crippen LogP contribution in [0.2, 0.25) is 0 Å². The number of nitrogens with one attached hydrogen (secondary N) is 1. The summed E-state index contributed by atoms with van der Waals surface area (Å²) in [6, 6.07) is 8.83. The van der Waals surface area contributed by atoms with Crippen molar-refractivity contribution < 1.29 is 4.74 Å². The molecule has 1 fully saturated rings.